The van der Waals surface area contributed by atoms with Crippen molar-refractivity contribution in [3.8, 4) is 0 Å². The van der Waals surface area contributed by atoms with Gasteiger partial charge in [0, 0.05) is 25.2 Å². The summed E-state index contributed by atoms with van der Waals surface area (Å²) in [6.07, 6.45) is 0.818. The normalized spacial score (nSPS) is 15.9. The summed E-state index contributed by atoms with van der Waals surface area (Å²) in [5.41, 5.74) is 6.23. The molecule has 0 saturated heterocycles. The molecule has 0 aromatic carbocycles. The quantitative estimate of drug-likeness (QED) is 0.478. The topological polar surface area (TPSA) is 79.5 Å². The van der Waals surface area contributed by atoms with Gasteiger partial charge in [-0.15, -0.1) is 0 Å². The van der Waals surface area contributed by atoms with Crippen LogP contribution in [0, 0.1) is 0 Å². The molecular weight excluding hydrogens is 156 g/mol. The minimum atomic E-state index is -0.110. The maximum atomic E-state index is 10.7. The molecule has 1 heterocycles. The fourth-order valence-electron chi connectivity index (χ4n) is 1.01. The van der Waals surface area contributed by atoms with Crippen molar-refractivity contribution in [2.45, 2.75) is 6.42 Å². The highest BCUT2D eigenvalue weighted by atomic mass is 16.1. The Kier molecular flexibility index (Phi) is 3.69. The van der Waals surface area contributed by atoms with Crippen molar-refractivity contribution in [1.29, 1.82) is 0 Å². The van der Waals surface area contributed by atoms with Crippen LogP contribution in [0.25, 0.3) is 0 Å². The summed E-state index contributed by atoms with van der Waals surface area (Å²) in [7, 11) is 0. The molecule has 0 atom stereocenters. The lowest BCUT2D eigenvalue weighted by Gasteiger charge is -2.02. The summed E-state index contributed by atoms with van der Waals surface area (Å²) in [6.45, 7) is 2.25. The maximum absolute atomic E-state index is 10.7. The molecule has 0 radical (unpaired) electrons. The van der Waals surface area contributed by atoms with Gasteiger partial charge in [0.05, 0.1) is 13.2 Å². The van der Waals surface area contributed by atoms with E-state index in [4.69, 9.17) is 5.73 Å². The molecule has 0 unspecified atom stereocenters. The lowest BCUT2D eigenvalue weighted by Crippen LogP contribution is -2.32. The van der Waals surface area contributed by atoms with E-state index in [2.05, 4.69) is 15.6 Å². The Balaban J connectivity index is 2.05. The average molecular weight is 170 g/mol. The van der Waals surface area contributed by atoms with Gasteiger partial charge in [-0.3, -0.25) is 15.1 Å². The number of carbonyl (C=O) groups is 1. The molecule has 1 amide bonds. The molecule has 0 spiro atoms. The van der Waals surface area contributed by atoms with Gasteiger partial charge in [-0.1, -0.05) is 0 Å². The molecule has 0 saturated carbocycles. The number of amides is 1. The van der Waals surface area contributed by atoms with Crippen LogP contribution in [0.4, 0.5) is 0 Å². The van der Waals surface area contributed by atoms with E-state index >= 15 is 0 Å². The molecule has 1 aliphatic rings. The van der Waals surface area contributed by atoms with Crippen molar-refractivity contribution in [3.63, 3.8) is 0 Å². The molecule has 4 N–H and O–H groups in total. The van der Waals surface area contributed by atoms with E-state index in [0.717, 1.165) is 18.7 Å². The van der Waals surface area contributed by atoms with E-state index in [1.165, 1.54) is 0 Å². The highest BCUT2D eigenvalue weighted by molar-refractivity contribution is 5.88. The van der Waals surface area contributed by atoms with Crippen molar-refractivity contribution in [3.05, 3.63) is 0 Å². The van der Waals surface area contributed by atoms with Crippen LogP contribution in [-0.2, 0) is 4.79 Å². The summed E-state index contributed by atoms with van der Waals surface area (Å²) in [5, 5.41) is 5.77. The summed E-state index contributed by atoms with van der Waals surface area (Å²) >= 11 is 0. The highest BCUT2D eigenvalue weighted by Crippen LogP contribution is 1.90. The molecule has 0 aromatic rings. The fraction of sp³-hybridized carbons (Fsp3) is 0.714. The highest BCUT2D eigenvalue weighted by Gasteiger charge is 2.04. The Labute approximate surface area is 71.4 Å². The van der Waals surface area contributed by atoms with Gasteiger partial charge < -0.3 is 11.1 Å². The van der Waals surface area contributed by atoms with E-state index in [1.54, 1.807) is 0 Å². The molecule has 0 aliphatic carbocycles. The molecule has 5 nitrogen and oxygen atoms in total. The van der Waals surface area contributed by atoms with Gasteiger partial charge in [-0.2, -0.15) is 0 Å². The molecule has 0 aromatic heterocycles. The van der Waals surface area contributed by atoms with Gasteiger partial charge in [0.2, 0.25) is 5.91 Å². The van der Waals surface area contributed by atoms with Crippen molar-refractivity contribution >= 4 is 11.6 Å². The SMILES string of the molecule is NCC(=O)NCCC1=NCNC1. The summed E-state index contributed by atoms with van der Waals surface area (Å²) in [6, 6.07) is 0. The van der Waals surface area contributed by atoms with Gasteiger partial charge in [-0.25, -0.2) is 0 Å². The second-order valence-corrected chi connectivity index (χ2v) is 2.61. The van der Waals surface area contributed by atoms with Crippen molar-refractivity contribution in [1.82, 2.24) is 10.6 Å². The molecular formula is C7H14N4O. The molecule has 12 heavy (non-hydrogen) atoms. The minimum absolute atomic E-state index is 0.0602. The minimum Gasteiger partial charge on any atom is -0.355 e. The second-order valence-electron chi connectivity index (χ2n) is 2.61. The van der Waals surface area contributed by atoms with Crippen molar-refractivity contribution < 1.29 is 4.79 Å². The average Bonchev–Trinajstić information content (AvgIpc) is 2.57. The van der Waals surface area contributed by atoms with E-state index in [-0.39, 0.29) is 12.5 Å². The third-order valence-corrected chi connectivity index (χ3v) is 1.66. The van der Waals surface area contributed by atoms with E-state index in [9.17, 15) is 4.79 Å². The largest absolute Gasteiger partial charge is 0.355 e. The van der Waals surface area contributed by atoms with Gasteiger partial charge in [0.1, 0.15) is 0 Å². The number of hydrogen-bond donors (Lipinski definition) is 3. The van der Waals surface area contributed by atoms with Crippen LogP contribution in [0.15, 0.2) is 4.99 Å². The molecule has 0 bridgehead atoms. The third-order valence-electron chi connectivity index (χ3n) is 1.66. The number of hydrogen-bond acceptors (Lipinski definition) is 4. The van der Waals surface area contributed by atoms with Crippen LogP contribution in [0.3, 0.4) is 0 Å². The second kappa shape index (κ2) is 4.84. The number of nitrogens with one attached hydrogen (secondary N) is 2. The molecule has 0 fully saturated rings. The van der Waals surface area contributed by atoms with Gasteiger partial charge in [-0.05, 0) is 0 Å². The van der Waals surface area contributed by atoms with E-state index < -0.39 is 0 Å². The zero-order valence-electron chi connectivity index (χ0n) is 6.97. The van der Waals surface area contributed by atoms with E-state index in [0.29, 0.717) is 13.2 Å². The standard InChI is InChI=1S/C7H14N4O/c8-3-7(12)10-2-1-6-4-9-5-11-6/h9H,1-5,8H2,(H,10,12). The number of nitrogens with two attached hydrogens (primary N) is 1. The lowest BCUT2D eigenvalue weighted by atomic mass is 10.3. The number of rotatable bonds is 4. The van der Waals surface area contributed by atoms with Crippen molar-refractivity contribution in [2.75, 3.05) is 26.3 Å². The molecule has 5 heteroatoms. The molecule has 68 valence electrons. The van der Waals surface area contributed by atoms with Crippen LogP contribution in [0.5, 0.6) is 0 Å². The van der Waals surface area contributed by atoms with Crippen LogP contribution < -0.4 is 16.4 Å². The first kappa shape index (κ1) is 9.15. The predicted octanol–water partition coefficient (Wildman–Crippen LogP) is -1.55. The number of carbonyl (C=O) groups excluding carboxylic acids is 1. The monoisotopic (exact) mass is 170 g/mol. The first-order valence-corrected chi connectivity index (χ1v) is 4.02. The molecule has 1 rings (SSSR count). The summed E-state index contributed by atoms with van der Waals surface area (Å²) < 4.78 is 0. The predicted molar refractivity (Wildman–Crippen MR) is 47.0 cm³/mol. The van der Waals surface area contributed by atoms with Crippen LogP contribution in [0.1, 0.15) is 6.42 Å². The van der Waals surface area contributed by atoms with Gasteiger partial charge >= 0.3 is 0 Å². The molecule has 1 aliphatic heterocycles. The summed E-state index contributed by atoms with van der Waals surface area (Å²) in [5.74, 6) is -0.110. The first-order valence-electron chi connectivity index (χ1n) is 4.02. The van der Waals surface area contributed by atoms with E-state index in [1.807, 2.05) is 0 Å². The van der Waals surface area contributed by atoms with Crippen LogP contribution in [-0.4, -0.2) is 37.9 Å². The third kappa shape index (κ3) is 2.98. The van der Waals surface area contributed by atoms with Crippen LogP contribution in [0.2, 0.25) is 0 Å². The number of nitrogens with zero attached hydrogens (tertiary/aromatic N) is 1. The fourth-order valence-corrected chi connectivity index (χ4v) is 1.01. The van der Waals surface area contributed by atoms with Crippen LogP contribution >= 0.6 is 0 Å². The maximum Gasteiger partial charge on any atom is 0.233 e. The smallest absolute Gasteiger partial charge is 0.233 e. The Bertz CT molecular complexity index is 190. The Morgan fingerprint density at radius 2 is 2.58 bits per heavy atom. The lowest BCUT2D eigenvalue weighted by molar-refractivity contribution is -0.119. The Morgan fingerprint density at radius 1 is 1.75 bits per heavy atom. The first-order chi connectivity index (χ1) is 5.83. The number of aliphatic imine (C=N–C) groups is 1. The van der Waals surface area contributed by atoms with Crippen molar-refractivity contribution in [2.24, 2.45) is 10.7 Å². The summed E-state index contributed by atoms with van der Waals surface area (Å²) in [4.78, 5) is 14.9. The van der Waals surface area contributed by atoms with Gasteiger partial charge in [0.25, 0.3) is 0 Å². The zero-order chi connectivity index (χ0) is 8.81. The zero-order valence-corrected chi connectivity index (χ0v) is 6.97. The Hall–Kier alpha value is -0.940. The Morgan fingerprint density at radius 3 is 3.17 bits per heavy atom. The van der Waals surface area contributed by atoms with Gasteiger partial charge in [0.15, 0.2) is 0 Å².